The Bertz CT molecular complexity index is 625. The van der Waals surface area contributed by atoms with Crippen LogP contribution in [0.3, 0.4) is 0 Å². The van der Waals surface area contributed by atoms with Gasteiger partial charge in [-0.25, -0.2) is 0 Å². The largest absolute Gasteiger partial charge is 0.375 e. The van der Waals surface area contributed by atoms with Gasteiger partial charge in [0.2, 0.25) is 17.7 Å². The van der Waals surface area contributed by atoms with Gasteiger partial charge in [0.1, 0.15) is 6.23 Å². The summed E-state index contributed by atoms with van der Waals surface area (Å²) in [5.41, 5.74) is 0.293. The molecule has 3 amide bonds. The zero-order valence-corrected chi connectivity index (χ0v) is 17.0. The Morgan fingerprint density at radius 1 is 0.893 bits per heavy atom. The van der Waals surface area contributed by atoms with Crippen LogP contribution in [0.15, 0.2) is 49.1 Å². The molecule has 0 aliphatic carbocycles. The molecule has 28 heavy (non-hydrogen) atoms. The van der Waals surface area contributed by atoms with E-state index < -0.39 is 17.6 Å². The highest BCUT2D eigenvalue weighted by molar-refractivity contribution is 5.92. The first-order valence-corrected chi connectivity index (χ1v) is 8.78. The van der Waals surface area contributed by atoms with Crippen LogP contribution in [-0.2, 0) is 14.4 Å². The van der Waals surface area contributed by atoms with E-state index in [9.17, 15) is 19.5 Å². The van der Waals surface area contributed by atoms with Crippen molar-refractivity contribution in [3.63, 3.8) is 0 Å². The van der Waals surface area contributed by atoms with Crippen molar-refractivity contribution in [2.75, 3.05) is 26.2 Å². The van der Waals surface area contributed by atoms with Gasteiger partial charge in [-0.3, -0.25) is 19.7 Å². The van der Waals surface area contributed by atoms with E-state index in [1.54, 1.807) is 20.8 Å². The second-order valence-corrected chi connectivity index (χ2v) is 6.98. The van der Waals surface area contributed by atoms with Crippen LogP contribution in [0, 0.1) is 5.41 Å². The number of hydrogen-bond donors (Lipinski definition) is 5. The normalized spacial score (nSPS) is 11.7. The van der Waals surface area contributed by atoms with Gasteiger partial charge in [0.05, 0.1) is 0 Å². The van der Waals surface area contributed by atoms with E-state index in [4.69, 9.17) is 0 Å². The highest BCUT2D eigenvalue weighted by Gasteiger charge is 2.32. The minimum atomic E-state index is -0.983. The maximum absolute atomic E-state index is 12.0. The summed E-state index contributed by atoms with van der Waals surface area (Å²) in [6, 6.07) is 0. The van der Waals surface area contributed by atoms with Crippen LogP contribution in [0.25, 0.3) is 0 Å². The van der Waals surface area contributed by atoms with Crippen LogP contribution in [0.5, 0.6) is 0 Å². The van der Waals surface area contributed by atoms with E-state index in [0.29, 0.717) is 16.7 Å². The average molecular weight is 393 g/mol. The minimum Gasteiger partial charge on any atom is -0.375 e. The lowest BCUT2D eigenvalue weighted by molar-refractivity contribution is -0.118. The van der Waals surface area contributed by atoms with Crippen LogP contribution in [0.4, 0.5) is 0 Å². The quantitative estimate of drug-likeness (QED) is 0.174. The number of rotatable bonds is 13. The molecule has 8 nitrogen and oxygen atoms in total. The molecule has 0 aromatic heterocycles. The van der Waals surface area contributed by atoms with Crippen molar-refractivity contribution in [1.29, 1.82) is 0 Å². The minimum absolute atomic E-state index is 0.0979. The summed E-state index contributed by atoms with van der Waals surface area (Å²) in [6.45, 7) is 19.5. The Hall–Kier alpha value is -2.71. The van der Waals surface area contributed by atoms with E-state index >= 15 is 0 Å². The Balaban J connectivity index is 5.58. The molecule has 0 rings (SSSR count). The van der Waals surface area contributed by atoms with Gasteiger partial charge in [-0.05, 0) is 32.4 Å². The Kier molecular flexibility index (Phi) is 10.7. The monoisotopic (exact) mass is 392 g/mol. The van der Waals surface area contributed by atoms with Crippen molar-refractivity contribution < 1.29 is 19.5 Å². The van der Waals surface area contributed by atoms with Gasteiger partial charge in [0.25, 0.3) is 0 Å². The molecule has 0 spiro atoms. The fourth-order valence-electron chi connectivity index (χ4n) is 2.05. The molecule has 0 radical (unpaired) electrons. The highest BCUT2D eigenvalue weighted by Crippen LogP contribution is 2.15. The summed E-state index contributed by atoms with van der Waals surface area (Å²) in [6.07, 6.45) is 0.142. The van der Waals surface area contributed by atoms with Gasteiger partial charge in [0.15, 0.2) is 0 Å². The molecule has 0 bridgehead atoms. The number of amides is 3. The number of carbonyl (C=O) groups is 3. The molecule has 0 saturated carbocycles. The summed E-state index contributed by atoms with van der Waals surface area (Å²) < 4.78 is 0. The Morgan fingerprint density at radius 2 is 1.32 bits per heavy atom. The predicted molar refractivity (Wildman–Crippen MR) is 110 cm³/mol. The topological polar surface area (TPSA) is 120 Å². The molecule has 5 N–H and O–H groups in total. The molecule has 0 fully saturated rings. The molecule has 1 unspecified atom stereocenters. The van der Waals surface area contributed by atoms with Crippen molar-refractivity contribution in [3.05, 3.63) is 49.1 Å². The summed E-state index contributed by atoms with van der Waals surface area (Å²) >= 11 is 0. The molecule has 0 saturated heterocycles. The fraction of sp³-hybridized carbons (Fsp3) is 0.450. The molecule has 0 heterocycles. The molecule has 0 aliphatic rings. The van der Waals surface area contributed by atoms with Crippen LogP contribution >= 0.6 is 0 Å². The van der Waals surface area contributed by atoms with Crippen LogP contribution in [0.2, 0.25) is 0 Å². The first-order chi connectivity index (χ1) is 12.9. The molecule has 0 aromatic carbocycles. The molecule has 8 heteroatoms. The highest BCUT2D eigenvalue weighted by atomic mass is 16.3. The third kappa shape index (κ3) is 9.29. The summed E-state index contributed by atoms with van der Waals surface area (Å²) in [7, 11) is 0. The lowest BCUT2D eigenvalue weighted by Gasteiger charge is -2.35. The smallest absolute Gasteiger partial charge is 0.246 e. The average Bonchev–Trinajstić information content (AvgIpc) is 2.65. The molecular formula is C20H32N4O4. The Labute approximate surface area is 166 Å². The summed E-state index contributed by atoms with van der Waals surface area (Å²) in [5.74, 6) is -1.11. The molecule has 1 atom stereocenters. The maximum Gasteiger partial charge on any atom is 0.246 e. The lowest BCUT2D eigenvalue weighted by atomic mass is 9.86. The van der Waals surface area contributed by atoms with E-state index in [1.807, 2.05) is 0 Å². The van der Waals surface area contributed by atoms with Crippen molar-refractivity contribution >= 4 is 17.7 Å². The summed E-state index contributed by atoms with van der Waals surface area (Å²) in [4.78, 5) is 35.6. The van der Waals surface area contributed by atoms with Crippen molar-refractivity contribution in [3.8, 4) is 0 Å². The Morgan fingerprint density at radius 3 is 1.68 bits per heavy atom. The van der Waals surface area contributed by atoms with Crippen LogP contribution < -0.4 is 21.3 Å². The number of aliphatic hydroxyl groups excluding tert-OH is 1. The second-order valence-electron chi connectivity index (χ2n) is 6.98. The molecule has 0 aliphatic heterocycles. The van der Waals surface area contributed by atoms with Gasteiger partial charge < -0.3 is 21.1 Å². The van der Waals surface area contributed by atoms with Crippen molar-refractivity contribution in [1.82, 2.24) is 21.3 Å². The predicted octanol–water partition coefficient (Wildman–Crippen LogP) is 0.144. The van der Waals surface area contributed by atoms with Gasteiger partial charge in [0, 0.05) is 42.7 Å². The van der Waals surface area contributed by atoms with Crippen molar-refractivity contribution in [2.24, 2.45) is 5.41 Å². The zero-order valence-electron chi connectivity index (χ0n) is 17.0. The van der Waals surface area contributed by atoms with E-state index in [1.165, 1.54) is 0 Å². The van der Waals surface area contributed by atoms with E-state index in [-0.39, 0.29) is 38.0 Å². The third-order valence-electron chi connectivity index (χ3n) is 3.98. The first kappa shape index (κ1) is 25.3. The fourth-order valence-corrected chi connectivity index (χ4v) is 2.05. The number of nitrogens with one attached hydrogen (secondary N) is 4. The second kappa shape index (κ2) is 11.9. The molecule has 0 aromatic rings. The number of hydrogen-bond acceptors (Lipinski definition) is 5. The standard InChI is InChI=1S/C20H32N4O4/c1-8-16(25)21-9-20(10-22-17(26)13(2)3,11-23-18(27)14(4)5)12-24-19(28)15(6)7/h8,17,22,26H,1-2,4,6,9-12H2,3,5,7H3,(H,21,25)(H,23,27)(H,24,28). The lowest BCUT2D eigenvalue weighted by Crippen LogP contribution is -2.57. The van der Waals surface area contributed by atoms with Gasteiger partial charge in [-0.1, -0.05) is 26.3 Å². The number of carbonyl (C=O) groups excluding carboxylic acids is 3. The summed E-state index contributed by atoms with van der Waals surface area (Å²) in [5, 5.41) is 21.1. The number of aliphatic hydroxyl groups is 1. The van der Waals surface area contributed by atoms with E-state index in [0.717, 1.165) is 6.08 Å². The van der Waals surface area contributed by atoms with Crippen molar-refractivity contribution in [2.45, 2.75) is 27.0 Å². The first-order valence-electron chi connectivity index (χ1n) is 8.78. The molecule has 156 valence electrons. The maximum atomic E-state index is 12.0. The van der Waals surface area contributed by atoms with Gasteiger partial charge in [-0.2, -0.15) is 0 Å². The van der Waals surface area contributed by atoms with Crippen LogP contribution in [0.1, 0.15) is 20.8 Å². The third-order valence-corrected chi connectivity index (χ3v) is 3.98. The van der Waals surface area contributed by atoms with Crippen LogP contribution in [-0.4, -0.2) is 55.2 Å². The SMILES string of the molecule is C=CC(=O)NCC(CNC(=O)C(=C)C)(CNC(=O)C(=C)C)CNC(O)C(=C)C. The zero-order chi connectivity index (χ0) is 21.9. The van der Waals surface area contributed by atoms with Gasteiger partial charge >= 0.3 is 0 Å². The van der Waals surface area contributed by atoms with E-state index in [2.05, 4.69) is 47.6 Å². The molecular weight excluding hydrogens is 360 g/mol. The van der Waals surface area contributed by atoms with Gasteiger partial charge in [-0.15, -0.1) is 0 Å².